The molecule has 7 heteroatoms. The van der Waals surface area contributed by atoms with Gasteiger partial charge in [0, 0.05) is 23.3 Å². The first-order valence-corrected chi connectivity index (χ1v) is 7.60. The summed E-state index contributed by atoms with van der Waals surface area (Å²) in [6.07, 6.45) is 0. The summed E-state index contributed by atoms with van der Waals surface area (Å²) in [5.41, 5.74) is 5.23. The molecule has 0 radical (unpaired) electrons. The molecule has 0 aliphatic heterocycles. The van der Waals surface area contributed by atoms with Gasteiger partial charge in [-0.2, -0.15) is 5.10 Å². The van der Waals surface area contributed by atoms with Gasteiger partial charge in [-0.1, -0.05) is 35.3 Å². The highest BCUT2D eigenvalue weighted by molar-refractivity contribution is 6.33. The van der Waals surface area contributed by atoms with Crippen molar-refractivity contribution in [1.29, 1.82) is 0 Å². The van der Waals surface area contributed by atoms with E-state index >= 15 is 0 Å². The van der Waals surface area contributed by atoms with Gasteiger partial charge in [0.2, 0.25) is 0 Å². The number of hydrogen-bond donors (Lipinski definition) is 3. The van der Waals surface area contributed by atoms with Crippen LogP contribution in [0.15, 0.2) is 47.6 Å². The zero-order valence-corrected chi connectivity index (χ0v) is 14.2. The summed E-state index contributed by atoms with van der Waals surface area (Å²) in [5, 5.41) is 10.8. The molecule has 2 aromatic rings. The third kappa shape index (κ3) is 4.61. The lowest BCUT2D eigenvalue weighted by Crippen LogP contribution is -2.25. The molecule has 2 aromatic carbocycles. The SMILES string of the molecule is CNc1ccc(Cl)cc1/C(C)=N/NC(=O)Nc1ccccc1Cl. The van der Waals surface area contributed by atoms with Gasteiger partial charge in [-0.3, -0.25) is 0 Å². The molecule has 0 spiro atoms. The number of urea groups is 1. The molecule has 23 heavy (non-hydrogen) atoms. The van der Waals surface area contributed by atoms with Crippen molar-refractivity contribution >= 4 is 46.3 Å². The van der Waals surface area contributed by atoms with Crippen LogP contribution in [-0.2, 0) is 0 Å². The minimum atomic E-state index is -0.481. The van der Waals surface area contributed by atoms with Crippen molar-refractivity contribution < 1.29 is 4.79 Å². The topological polar surface area (TPSA) is 65.5 Å². The van der Waals surface area contributed by atoms with E-state index in [2.05, 4.69) is 21.2 Å². The summed E-state index contributed by atoms with van der Waals surface area (Å²) in [5.74, 6) is 0. The molecule has 0 fully saturated rings. The molecule has 0 atom stereocenters. The average molecular weight is 351 g/mol. The quantitative estimate of drug-likeness (QED) is 0.558. The van der Waals surface area contributed by atoms with E-state index < -0.39 is 6.03 Å². The molecular weight excluding hydrogens is 335 g/mol. The van der Waals surface area contributed by atoms with Gasteiger partial charge < -0.3 is 10.6 Å². The van der Waals surface area contributed by atoms with Crippen LogP contribution in [0.25, 0.3) is 0 Å². The Balaban J connectivity index is 2.09. The van der Waals surface area contributed by atoms with Crippen LogP contribution in [0.5, 0.6) is 0 Å². The zero-order chi connectivity index (χ0) is 16.8. The first-order valence-electron chi connectivity index (χ1n) is 6.84. The maximum Gasteiger partial charge on any atom is 0.339 e. The first kappa shape index (κ1) is 17.1. The lowest BCUT2D eigenvalue weighted by atomic mass is 10.1. The fourth-order valence-corrected chi connectivity index (χ4v) is 2.30. The third-order valence-corrected chi connectivity index (χ3v) is 3.65. The number of hydrogen-bond acceptors (Lipinski definition) is 3. The van der Waals surface area contributed by atoms with Gasteiger partial charge in [0.1, 0.15) is 0 Å². The van der Waals surface area contributed by atoms with Gasteiger partial charge in [-0.05, 0) is 37.3 Å². The van der Waals surface area contributed by atoms with E-state index in [1.165, 1.54) is 0 Å². The summed E-state index contributed by atoms with van der Waals surface area (Å²) in [6, 6.07) is 11.9. The number of rotatable bonds is 4. The summed E-state index contributed by atoms with van der Waals surface area (Å²) in [4.78, 5) is 11.9. The maximum atomic E-state index is 11.9. The van der Waals surface area contributed by atoms with Crippen LogP contribution in [0.1, 0.15) is 12.5 Å². The first-order chi connectivity index (χ1) is 11.0. The fraction of sp³-hybridized carbons (Fsp3) is 0.125. The standard InChI is InChI=1S/C16H16Cl2N4O/c1-10(12-9-11(17)7-8-14(12)19-2)21-22-16(23)20-15-6-4-3-5-13(15)18/h3-9,19H,1-2H3,(H2,20,22,23)/b21-10+. The van der Waals surface area contributed by atoms with Crippen molar-refractivity contribution in [3.8, 4) is 0 Å². The molecular formula is C16H16Cl2N4O. The summed E-state index contributed by atoms with van der Waals surface area (Å²) >= 11 is 12.0. The normalized spacial score (nSPS) is 11.0. The van der Waals surface area contributed by atoms with Crippen LogP contribution < -0.4 is 16.1 Å². The molecule has 0 aliphatic carbocycles. The number of carbonyl (C=O) groups is 1. The molecule has 0 saturated carbocycles. The average Bonchev–Trinajstić information content (AvgIpc) is 2.54. The molecule has 2 rings (SSSR count). The van der Waals surface area contributed by atoms with Gasteiger partial charge >= 0.3 is 6.03 Å². The minimum absolute atomic E-state index is 0.454. The van der Waals surface area contributed by atoms with Crippen molar-refractivity contribution in [2.24, 2.45) is 5.10 Å². The largest absolute Gasteiger partial charge is 0.388 e. The zero-order valence-electron chi connectivity index (χ0n) is 12.7. The van der Waals surface area contributed by atoms with E-state index in [1.54, 1.807) is 50.4 Å². The monoisotopic (exact) mass is 350 g/mol. The predicted molar refractivity (Wildman–Crippen MR) is 96.8 cm³/mol. The van der Waals surface area contributed by atoms with Crippen LogP contribution in [0.3, 0.4) is 0 Å². The molecule has 5 nitrogen and oxygen atoms in total. The Hall–Kier alpha value is -2.24. The number of carbonyl (C=O) groups excluding carboxylic acids is 1. The van der Waals surface area contributed by atoms with E-state index in [0.29, 0.717) is 21.4 Å². The highest BCUT2D eigenvalue weighted by Gasteiger charge is 2.07. The second-order valence-corrected chi connectivity index (χ2v) is 5.53. The molecule has 0 aromatic heterocycles. The second kappa shape index (κ2) is 7.85. The van der Waals surface area contributed by atoms with Gasteiger partial charge in [0.15, 0.2) is 0 Å². The highest BCUT2D eigenvalue weighted by atomic mass is 35.5. The summed E-state index contributed by atoms with van der Waals surface area (Å²) < 4.78 is 0. The van der Waals surface area contributed by atoms with E-state index in [-0.39, 0.29) is 0 Å². The van der Waals surface area contributed by atoms with Crippen molar-refractivity contribution in [2.75, 3.05) is 17.7 Å². The number of amides is 2. The van der Waals surface area contributed by atoms with E-state index in [0.717, 1.165) is 11.3 Å². The molecule has 120 valence electrons. The van der Waals surface area contributed by atoms with E-state index in [9.17, 15) is 4.79 Å². The van der Waals surface area contributed by atoms with E-state index in [1.807, 2.05) is 6.07 Å². The molecule has 3 N–H and O–H groups in total. The summed E-state index contributed by atoms with van der Waals surface area (Å²) in [6.45, 7) is 1.78. The van der Waals surface area contributed by atoms with Crippen LogP contribution in [-0.4, -0.2) is 18.8 Å². The maximum absolute atomic E-state index is 11.9. The predicted octanol–water partition coefficient (Wildman–Crippen LogP) is 4.58. The van der Waals surface area contributed by atoms with Crippen molar-refractivity contribution in [3.05, 3.63) is 58.1 Å². The Kier molecular flexibility index (Phi) is 5.84. The van der Waals surface area contributed by atoms with E-state index in [4.69, 9.17) is 23.2 Å². The number of halogens is 2. The van der Waals surface area contributed by atoms with Crippen molar-refractivity contribution in [3.63, 3.8) is 0 Å². The number of nitrogens with one attached hydrogen (secondary N) is 3. The molecule has 0 aliphatic rings. The Morgan fingerprint density at radius 2 is 1.83 bits per heavy atom. The third-order valence-electron chi connectivity index (χ3n) is 3.09. The Labute approximate surface area is 144 Å². The molecule has 0 saturated heterocycles. The van der Waals surface area contributed by atoms with Gasteiger partial charge in [-0.15, -0.1) is 0 Å². The van der Waals surface area contributed by atoms with Crippen molar-refractivity contribution in [1.82, 2.24) is 5.43 Å². The molecule has 0 bridgehead atoms. The lowest BCUT2D eigenvalue weighted by Gasteiger charge is -2.10. The van der Waals surface area contributed by atoms with Gasteiger partial charge in [0.25, 0.3) is 0 Å². The van der Waals surface area contributed by atoms with Crippen molar-refractivity contribution in [2.45, 2.75) is 6.92 Å². The number of benzene rings is 2. The van der Waals surface area contributed by atoms with Crippen LogP contribution in [0.2, 0.25) is 10.0 Å². The Morgan fingerprint density at radius 3 is 2.52 bits per heavy atom. The molecule has 0 heterocycles. The lowest BCUT2D eigenvalue weighted by molar-refractivity contribution is 0.252. The van der Waals surface area contributed by atoms with Crippen LogP contribution >= 0.6 is 23.2 Å². The Morgan fingerprint density at radius 1 is 1.09 bits per heavy atom. The van der Waals surface area contributed by atoms with Gasteiger partial charge in [0.05, 0.1) is 16.4 Å². The fourth-order valence-electron chi connectivity index (χ4n) is 1.94. The minimum Gasteiger partial charge on any atom is -0.388 e. The highest BCUT2D eigenvalue weighted by Crippen LogP contribution is 2.21. The number of para-hydroxylation sites is 1. The Bertz CT molecular complexity index is 747. The van der Waals surface area contributed by atoms with Crippen LogP contribution in [0, 0.1) is 0 Å². The second-order valence-electron chi connectivity index (χ2n) is 4.68. The summed E-state index contributed by atoms with van der Waals surface area (Å²) in [7, 11) is 1.80. The van der Waals surface area contributed by atoms with Crippen LogP contribution in [0.4, 0.5) is 16.2 Å². The number of hydrazone groups is 1. The number of anilines is 2. The molecule has 2 amide bonds. The smallest absolute Gasteiger partial charge is 0.339 e. The number of nitrogens with zero attached hydrogens (tertiary/aromatic N) is 1. The molecule has 0 unspecified atom stereocenters. The van der Waals surface area contributed by atoms with Gasteiger partial charge in [-0.25, -0.2) is 10.2 Å².